The van der Waals surface area contributed by atoms with Crippen LogP contribution >= 0.6 is 0 Å². The van der Waals surface area contributed by atoms with E-state index in [9.17, 15) is 19.2 Å². The zero-order valence-corrected chi connectivity index (χ0v) is 22.3. The summed E-state index contributed by atoms with van der Waals surface area (Å²) in [4.78, 5) is 53.6. The third kappa shape index (κ3) is 17.8. The molecule has 0 aromatic rings. The van der Waals surface area contributed by atoms with E-state index in [0.717, 1.165) is 0 Å². The van der Waals surface area contributed by atoms with Crippen LogP contribution in [0.15, 0.2) is 5.16 Å². The maximum atomic E-state index is 12.2. The number of nitrogens with zero attached hydrogens (tertiary/aromatic N) is 1. The second kappa shape index (κ2) is 13.6. The summed E-state index contributed by atoms with van der Waals surface area (Å²) >= 11 is 0. The maximum Gasteiger partial charge on any atom is 0.414 e. The summed E-state index contributed by atoms with van der Waals surface area (Å²) in [6.45, 7) is 16.5. The van der Waals surface area contributed by atoms with E-state index in [1.165, 1.54) is 0 Å². The summed E-state index contributed by atoms with van der Waals surface area (Å²) in [5.74, 6) is -1.09. The highest BCUT2D eigenvalue weighted by Crippen LogP contribution is 2.09. The minimum atomic E-state index is -1.08. The number of alkyl carbamates (subject to hydrolysis) is 3. The second-order valence-corrected chi connectivity index (χ2v) is 10.3. The first-order valence-electron chi connectivity index (χ1n) is 11.2. The van der Waals surface area contributed by atoms with Crippen LogP contribution in [0.5, 0.6) is 0 Å². The molecule has 0 aliphatic heterocycles. The molecule has 0 fully saturated rings. The molecule has 1 atom stereocenters. The van der Waals surface area contributed by atoms with E-state index in [0.29, 0.717) is 0 Å². The van der Waals surface area contributed by atoms with E-state index in [1.54, 1.807) is 69.2 Å². The van der Waals surface area contributed by atoms with Gasteiger partial charge in [0, 0.05) is 6.42 Å². The van der Waals surface area contributed by atoms with E-state index >= 15 is 0 Å². The fraction of sp³-hybridized carbons (Fsp3) is 0.773. The Labute approximate surface area is 206 Å². The van der Waals surface area contributed by atoms with Crippen molar-refractivity contribution in [3.63, 3.8) is 0 Å². The molecule has 0 unspecified atom stereocenters. The Bertz CT molecular complexity index is 730. The first kappa shape index (κ1) is 31.8. The smallest absolute Gasteiger partial charge is 0.414 e. The molecule has 13 nitrogen and oxygen atoms in total. The lowest BCUT2D eigenvalue weighted by Crippen LogP contribution is -2.47. The van der Waals surface area contributed by atoms with Crippen molar-refractivity contribution < 1.29 is 43.0 Å². The van der Waals surface area contributed by atoms with Crippen molar-refractivity contribution in [1.29, 1.82) is 0 Å². The number of hydrogen-bond donors (Lipinski definition) is 3. The topological polar surface area (TPSA) is 163 Å². The van der Waals surface area contributed by atoms with Crippen LogP contribution < -0.4 is 16.0 Å². The van der Waals surface area contributed by atoms with Crippen molar-refractivity contribution in [2.45, 2.75) is 98.5 Å². The fourth-order valence-corrected chi connectivity index (χ4v) is 2.10. The lowest BCUT2D eigenvalue weighted by molar-refractivity contribution is -0.146. The van der Waals surface area contributed by atoms with Gasteiger partial charge in [-0.05, 0) is 74.4 Å². The standard InChI is InChI=1S/C22H40N4O9/c1-11-31-15(27)14(23-17(28)33-20(2,3)4)12-13-32-26-16(24-18(29)34-21(5,6)7)25-19(30)35-22(8,9)10/h14H,11-13H2,1-10H3,(H,23,28)(H2,24,25,26,29,30)/t14-/m0/s1. The van der Waals surface area contributed by atoms with Crippen LogP contribution in [-0.4, -0.2) is 66.3 Å². The van der Waals surface area contributed by atoms with Crippen LogP contribution in [0.2, 0.25) is 0 Å². The van der Waals surface area contributed by atoms with E-state index in [4.69, 9.17) is 23.8 Å². The summed E-state index contributed by atoms with van der Waals surface area (Å²) in [6, 6.07) is -1.08. The fourth-order valence-electron chi connectivity index (χ4n) is 2.10. The molecule has 0 aliphatic rings. The van der Waals surface area contributed by atoms with Gasteiger partial charge in [-0.2, -0.15) is 0 Å². The number of ether oxygens (including phenoxy) is 4. The Hall–Kier alpha value is -3.25. The zero-order chi connectivity index (χ0) is 27.4. The van der Waals surface area contributed by atoms with Gasteiger partial charge >= 0.3 is 24.2 Å². The number of guanidine groups is 1. The largest absolute Gasteiger partial charge is 0.464 e. The lowest BCUT2D eigenvalue weighted by atomic mass is 10.2. The highest BCUT2D eigenvalue weighted by molar-refractivity contribution is 6.01. The summed E-state index contributed by atoms with van der Waals surface area (Å²) < 4.78 is 20.4. The number of esters is 1. The van der Waals surface area contributed by atoms with E-state index < -0.39 is 53.1 Å². The van der Waals surface area contributed by atoms with Gasteiger partial charge in [-0.1, -0.05) is 0 Å². The molecule has 35 heavy (non-hydrogen) atoms. The molecule has 3 amide bonds. The van der Waals surface area contributed by atoms with Gasteiger partial charge in [0.25, 0.3) is 5.96 Å². The van der Waals surface area contributed by atoms with Crippen LogP contribution in [0.25, 0.3) is 0 Å². The molecule has 0 saturated heterocycles. The van der Waals surface area contributed by atoms with Gasteiger partial charge in [-0.25, -0.2) is 19.2 Å². The van der Waals surface area contributed by atoms with E-state index in [1.807, 2.05) is 0 Å². The Morgan fingerprint density at radius 2 is 1.17 bits per heavy atom. The van der Waals surface area contributed by atoms with Crippen LogP contribution in [0.4, 0.5) is 14.4 Å². The van der Waals surface area contributed by atoms with Crippen molar-refractivity contribution in [3.05, 3.63) is 0 Å². The number of hydrogen-bond acceptors (Lipinski definition) is 10. The van der Waals surface area contributed by atoms with Crippen LogP contribution in [0.1, 0.15) is 75.7 Å². The molecule has 0 rings (SSSR count). The highest BCUT2D eigenvalue weighted by Gasteiger charge is 2.26. The third-order valence-corrected chi connectivity index (χ3v) is 3.15. The predicted octanol–water partition coefficient (Wildman–Crippen LogP) is 3.17. The van der Waals surface area contributed by atoms with E-state index in [2.05, 4.69) is 21.1 Å². The van der Waals surface area contributed by atoms with Crippen molar-refractivity contribution in [3.8, 4) is 0 Å². The van der Waals surface area contributed by atoms with Crippen molar-refractivity contribution >= 4 is 30.2 Å². The average Bonchev–Trinajstić information content (AvgIpc) is 2.59. The van der Waals surface area contributed by atoms with Gasteiger partial charge in [0.2, 0.25) is 0 Å². The van der Waals surface area contributed by atoms with E-state index in [-0.39, 0.29) is 19.6 Å². The van der Waals surface area contributed by atoms with Crippen LogP contribution in [0, 0.1) is 0 Å². The van der Waals surface area contributed by atoms with Gasteiger partial charge in [0.1, 0.15) is 29.5 Å². The number of amides is 3. The number of carbonyl (C=O) groups is 4. The third-order valence-electron chi connectivity index (χ3n) is 3.15. The summed E-state index contributed by atoms with van der Waals surface area (Å²) in [5.41, 5.74) is -2.37. The minimum Gasteiger partial charge on any atom is -0.464 e. The van der Waals surface area contributed by atoms with Gasteiger partial charge < -0.3 is 29.1 Å². The molecule has 0 aromatic carbocycles. The van der Waals surface area contributed by atoms with Crippen molar-refractivity contribution in [1.82, 2.24) is 16.0 Å². The highest BCUT2D eigenvalue weighted by atomic mass is 16.6. The maximum absolute atomic E-state index is 12.2. The van der Waals surface area contributed by atoms with Crippen LogP contribution in [-0.2, 0) is 28.6 Å². The molecule has 0 radical (unpaired) electrons. The molecule has 0 spiro atoms. The predicted molar refractivity (Wildman–Crippen MR) is 127 cm³/mol. The van der Waals surface area contributed by atoms with Gasteiger partial charge in [-0.15, -0.1) is 0 Å². The van der Waals surface area contributed by atoms with Gasteiger partial charge in [-0.3, -0.25) is 10.6 Å². The van der Waals surface area contributed by atoms with Gasteiger partial charge in [0.05, 0.1) is 6.61 Å². The number of rotatable bonds is 7. The molecule has 0 heterocycles. The van der Waals surface area contributed by atoms with Crippen molar-refractivity contribution in [2.24, 2.45) is 5.16 Å². The molecule has 0 bridgehead atoms. The second-order valence-electron chi connectivity index (χ2n) is 10.3. The molecule has 13 heteroatoms. The molecular weight excluding hydrogens is 464 g/mol. The molecule has 202 valence electrons. The number of nitrogens with one attached hydrogen (secondary N) is 3. The first-order valence-corrected chi connectivity index (χ1v) is 11.2. The minimum absolute atomic E-state index is 0.0479. The normalized spacial score (nSPS) is 12.4. The quantitative estimate of drug-likeness (QED) is 0.118. The molecule has 0 saturated carbocycles. The Morgan fingerprint density at radius 3 is 1.57 bits per heavy atom. The molecular formula is C22H40N4O9. The summed E-state index contributed by atoms with van der Waals surface area (Å²) in [5, 5.41) is 10.6. The number of oxime groups is 1. The first-order chi connectivity index (χ1) is 15.8. The molecule has 0 aliphatic carbocycles. The average molecular weight is 505 g/mol. The van der Waals surface area contributed by atoms with Crippen LogP contribution in [0.3, 0.4) is 0 Å². The molecule has 0 aromatic heterocycles. The SMILES string of the molecule is CCOC(=O)[C@H](CCON=C(NC(=O)OC(C)(C)C)NC(=O)OC(C)(C)C)NC(=O)OC(C)(C)C. The lowest BCUT2D eigenvalue weighted by Gasteiger charge is -2.23. The number of carbonyl (C=O) groups excluding carboxylic acids is 4. The van der Waals surface area contributed by atoms with Gasteiger partial charge in [0.15, 0.2) is 0 Å². The zero-order valence-electron chi connectivity index (χ0n) is 22.3. The Balaban J connectivity index is 5.28. The summed E-state index contributed by atoms with van der Waals surface area (Å²) in [7, 11) is 0. The molecule has 3 N–H and O–H groups in total. The van der Waals surface area contributed by atoms with Crippen molar-refractivity contribution in [2.75, 3.05) is 13.2 Å². The Morgan fingerprint density at radius 1 is 0.743 bits per heavy atom. The monoisotopic (exact) mass is 504 g/mol. The Kier molecular flexibility index (Phi) is 12.3. The summed E-state index contributed by atoms with van der Waals surface area (Å²) in [6.07, 6.45) is -2.65.